The van der Waals surface area contributed by atoms with Gasteiger partial charge in [0.1, 0.15) is 5.75 Å². The van der Waals surface area contributed by atoms with E-state index in [1.165, 1.54) is 0 Å². The Morgan fingerprint density at radius 2 is 1.24 bits per heavy atom. The molecule has 0 aliphatic carbocycles. The molecule has 2 heteroatoms. The number of phenols is 1. The summed E-state index contributed by atoms with van der Waals surface area (Å²) in [6, 6.07) is 1.86. The van der Waals surface area contributed by atoms with Gasteiger partial charge in [-0.15, -0.1) is 0 Å². The SMILES string of the molecule is CC(C)(C)c1cc(C=O)c(O)c(C(C)(C)C)c1C(C)(C)C. The monoisotopic (exact) mass is 290 g/mol. The van der Waals surface area contributed by atoms with Gasteiger partial charge in [-0.05, 0) is 33.4 Å². The van der Waals surface area contributed by atoms with Crippen LogP contribution >= 0.6 is 0 Å². The third kappa shape index (κ3) is 3.48. The first-order valence-corrected chi connectivity index (χ1v) is 7.58. The molecular formula is C19H30O2. The molecule has 0 saturated heterocycles. The highest BCUT2D eigenvalue weighted by Gasteiger charge is 2.35. The van der Waals surface area contributed by atoms with Crippen molar-refractivity contribution < 1.29 is 9.90 Å². The lowest BCUT2D eigenvalue weighted by Gasteiger charge is -2.37. The van der Waals surface area contributed by atoms with Crippen LogP contribution in [-0.4, -0.2) is 11.4 Å². The second-order valence-corrected chi connectivity index (χ2v) is 8.98. The first kappa shape index (κ1) is 17.7. The molecule has 0 unspecified atom stereocenters. The van der Waals surface area contributed by atoms with Gasteiger partial charge in [0.05, 0.1) is 5.56 Å². The molecule has 1 rings (SSSR count). The number of benzene rings is 1. The summed E-state index contributed by atoms with van der Waals surface area (Å²) in [5.41, 5.74) is 3.15. The fraction of sp³-hybridized carbons (Fsp3) is 0.632. The van der Waals surface area contributed by atoms with Gasteiger partial charge in [0.15, 0.2) is 6.29 Å². The molecule has 0 aliphatic rings. The molecule has 1 aromatic rings. The molecule has 21 heavy (non-hydrogen) atoms. The number of rotatable bonds is 1. The van der Waals surface area contributed by atoms with Gasteiger partial charge < -0.3 is 5.11 Å². The van der Waals surface area contributed by atoms with E-state index in [4.69, 9.17) is 0 Å². The smallest absolute Gasteiger partial charge is 0.153 e. The fourth-order valence-corrected chi connectivity index (χ4v) is 2.88. The lowest BCUT2D eigenvalue weighted by molar-refractivity contribution is 0.112. The van der Waals surface area contributed by atoms with E-state index in [-0.39, 0.29) is 22.0 Å². The largest absolute Gasteiger partial charge is 0.507 e. The van der Waals surface area contributed by atoms with Crippen LogP contribution in [0, 0.1) is 0 Å². The summed E-state index contributed by atoms with van der Waals surface area (Å²) < 4.78 is 0. The minimum atomic E-state index is -0.230. The maximum atomic E-state index is 11.4. The summed E-state index contributed by atoms with van der Waals surface area (Å²) in [5.74, 6) is 0.135. The number of hydrogen-bond donors (Lipinski definition) is 1. The molecular weight excluding hydrogens is 260 g/mol. The Hall–Kier alpha value is -1.31. The van der Waals surface area contributed by atoms with E-state index in [0.717, 1.165) is 23.0 Å². The molecule has 0 bridgehead atoms. The van der Waals surface area contributed by atoms with Crippen LogP contribution in [0.15, 0.2) is 6.07 Å². The highest BCUT2D eigenvalue weighted by molar-refractivity contribution is 5.82. The summed E-state index contributed by atoms with van der Waals surface area (Å²) in [4.78, 5) is 11.4. The van der Waals surface area contributed by atoms with Gasteiger partial charge in [-0.2, -0.15) is 0 Å². The number of aromatic hydroxyl groups is 1. The van der Waals surface area contributed by atoms with Gasteiger partial charge in [0, 0.05) is 5.56 Å². The summed E-state index contributed by atoms with van der Waals surface area (Å²) in [5, 5.41) is 10.6. The van der Waals surface area contributed by atoms with Crippen molar-refractivity contribution in [3.05, 3.63) is 28.3 Å². The molecule has 118 valence electrons. The minimum absolute atomic E-state index is 0.0892. The van der Waals surface area contributed by atoms with Gasteiger partial charge in [-0.3, -0.25) is 4.79 Å². The average molecular weight is 290 g/mol. The Morgan fingerprint density at radius 3 is 1.52 bits per heavy atom. The van der Waals surface area contributed by atoms with Crippen LogP contribution < -0.4 is 0 Å². The Kier molecular flexibility index (Phi) is 4.35. The van der Waals surface area contributed by atoms with E-state index >= 15 is 0 Å². The lowest BCUT2D eigenvalue weighted by atomic mass is 9.67. The third-order valence-corrected chi connectivity index (χ3v) is 3.76. The van der Waals surface area contributed by atoms with Crippen LogP contribution in [0.2, 0.25) is 0 Å². The molecule has 1 aromatic carbocycles. The number of carbonyl (C=O) groups is 1. The summed E-state index contributed by atoms with van der Waals surface area (Å²) in [6.07, 6.45) is 0.756. The van der Waals surface area contributed by atoms with Crippen LogP contribution in [-0.2, 0) is 16.2 Å². The standard InChI is InChI=1S/C19H30O2/c1-17(2,3)13-10-12(11-20)16(21)15(19(7,8)9)14(13)18(4,5)6/h10-11,21H,1-9H3. The molecule has 0 fully saturated rings. The highest BCUT2D eigenvalue weighted by Crippen LogP contribution is 2.45. The van der Waals surface area contributed by atoms with Crippen molar-refractivity contribution in [1.82, 2.24) is 0 Å². The first-order chi connectivity index (χ1) is 9.21. The molecule has 2 nitrogen and oxygen atoms in total. The van der Waals surface area contributed by atoms with Crippen LogP contribution in [0.4, 0.5) is 0 Å². The zero-order valence-corrected chi connectivity index (χ0v) is 15.0. The molecule has 0 aromatic heterocycles. The van der Waals surface area contributed by atoms with Crippen LogP contribution in [0.1, 0.15) is 89.4 Å². The summed E-state index contributed by atoms with van der Waals surface area (Å²) in [7, 11) is 0. The van der Waals surface area contributed by atoms with Crippen molar-refractivity contribution in [2.75, 3.05) is 0 Å². The molecule has 0 heterocycles. The van der Waals surface area contributed by atoms with Crippen molar-refractivity contribution >= 4 is 6.29 Å². The van der Waals surface area contributed by atoms with Crippen molar-refractivity contribution in [1.29, 1.82) is 0 Å². The van der Waals surface area contributed by atoms with Crippen LogP contribution in [0.25, 0.3) is 0 Å². The Morgan fingerprint density at radius 1 is 0.810 bits per heavy atom. The Labute approximate surface area is 129 Å². The first-order valence-electron chi connectivity index (χ1n) is 7.58. The van der Waals surface area contributed by atoms with E-state index in [1.807, 2.05) is 6.07 Å². The second kappa shape index (κ2) is 5.15. The quantitative estimate of drug-likeness (QED) is 0.731. The van der Waals surface area contributed by atoms with Gasteiger partial charge in [0.25, 0.3) is 0 Å². The number of hydrogen-bond acceptors (Lipinski definition) is 2. The van der Waals surface area contributed by atoms with Gasteiger partial charge >= 0.3 is 0 Å². The maximum absolute atomic E-state index is 11.4. The van der Waals surface area contributed by atoms with Crippen LogP contribution in [0.3, 0.4) is 0 Å². The number of aldehydes is 1. The Bertz CT molecular complexity index is 547. The van der Waals surface area contributed by atoms with Gasteiger partial charge in [0.2, 0.25) is 0 Å². The molecule has 1 N–H and O–H groups in total. The topological polar surface area (TPSA) is 37.3 Å². The lowest BCUT2D eigenvalue weighted by Crippen LogP contribution is -2.28. The zero-order valence-electron chi connectivity index (χ0n) is 15.0. The predicted octanol–water partition coefficient (Wildman–Crippen LogP) is 5.10. The van der Waals surface area contributed by atoms with E-state index in [0.29, 0.717) is 5.56 Å². The van der Waals surface area contributed by atoms with Crippen molar-refractivity contribution in [2.24, 2.45) is 0 Å². The van der Waals surface area contributed by atoms with E-state index < -0.39 is 0 Å². The summed E-state index contributed by atoms with van der Waals surface area (Å²) in [6.45, 7) is 19.2. The zero-order chi connectivity index (χ0) is 16.8. The Balaban J connectivity index is 4.04. The normalized spacial score (nSPS) is 13.4. The van der Waals surface area contributed by atoms with Gasteiger partial charge in [-0.25, -0.2) is 0 Å². The molecule has 0 amide bonds. The van der Waals surface area contributed by atoms with Crippen molar-refractivity contribution in [3.63, 3.8) is 0 Å². The van der Waals surface area contributed by atoms with Crippen LogP contribution in [0.5, 0.6) is 5.75 Å². The van der Waals surface area contributed by atoms with E-state index in [1.54, 1.807) is 0 Å². The summed E-state index contributed by atoms with van der Waals surface area (Å²) >= 11 is 0. The number of carbonyl (C=O) groups excluding carboxylic acids is 1. The maximum Gasteiger partial charge on any atom is 0.153 e. The molecule has 0 aliphatic heterocycles. The minimum Gasteiger partial charge on any atom is -0.507 e. The van der Waals surface area contributed by atoms with E-state index in [2.05, 4.69) is 62.3 Å². The van der Waals surface area contributed by atoms with E-state index in [9.17, 15) is 9.90 Å². The van der Waals surface area contributed by atoms with Gasteiger partial charge in [-0.1, -0.05) is 62.3 Å². The fourth-order valence-electron chi connectivity index (χ4n) is 2.88. The second-order valence-electron chi connectivity index (χ2n) is 8.98. The molecule has 0 spiro atoms. The van der Waals surface area contributed by atoms with Crippen molar-refractivity contribution in [3.8, 4) is 5.75 Å². The third-order valence-electron chi connectivity index (χ3n) is 3.76. The molecule has 0 saturated carbocycles. The van der Waals surface area contributed by atoms with Crippen molar-refractivity contribution in [2.45, 2.75) is 78.6 Å². The number of phenolic OH excluding ortho intramolecular Hbond substituents is 1. The highest BCUT2D eigenvalue weighted by atomic mass is 16.3. The average Bonchev–Trinajstić information content (AvgIpc) is 2.23. The molecule has 0 atom stereocenters. The predicted molar refractivity (Wildman–Crippen MR) is 89.6 cm³/mol. The molecule has 0 radical (unpaired) electrons.